The van der Waals surface area contributed by atoms with Crippen molar-refractivity contribution in [2.75, 3.05) is 11.9 Å². The second-order valence-corrected chi connectivity index (χ2v) is 5.88. The molecule has 106 valence electrons. The number of hydrogen-bond acceptors (Lipinski definition) is 4. The summed E-state index contributed by atoms with van der Waals surface area (Å²) in [7, 11) is 0. The minimum absolute atomic E-state index is 0.211. The number of rotatable bonds is 4. The number of nitrogens with one attached hydrogen (secondary N) is 1. The smallest absolute Gasteiger partial charge is 0.335 e. The van der Waals surface area contributed by atoms with Crippen molar-refractivity contribution in [3.63, 3.8) is 0 Å². The number of anilines is 1. The van der Waals surface area contributed by atoms with Crippen molar-refractivity contribution in [1.82, 2.24) is 4.98 Å². The molecule has 2 N–H and O–H groups in total. The number of aromatic nitrogens is 1. The van der Waals surface area contributed by atoms with Crippen molar-refractivity contribution >= 4 is 23.1 Å². The van der Waals surface area contributed by atoms with E-state index in [1.54, 1.807) is 6.07 Å². The van der Waals surface area contributed by atoms with Crippen LogP contribution in [0.3, 0.4) is 0 Å². The average molecular weight is 274 g/mol. The molecule has 0 bridgehead atoms. The van der Waals surface area contributed by atoms with E-state index in [0.717, 1.165) is 6.54 Å². The molecular formula is C15H18N2O3. The molecule has 3 rings (SSSR count). The van der Waals surface area contributed by atoms with E-state index in [0.29, 0.717) is 22.5 Å². The SMILES string of the molecule is CC1(CNc2nc3ccc(C(=O)O)cc3o2)CCCC1. The minimum Gasteiger partial charge on any atom is -0.478 e. The van der Waals surface area contributed by atoms with E-state index in [2.05, 4.69) is 17.2 Å². The molecule has 0 saturated heterocycles. The summed E-state index contributed by atoms with van der Waals surface area (Å²) in [5.74, 6) is -0.962. The molecular weight excluding hydrogens is 256 g/mol. The molecule has 0 unspecified atom stereocenters. The summed E-state index contributed by atoms with van der Waals surface area (Å²) in [6.07, 6.45) is 5.02. The lowest BCUT2D eigenvalue weighted by Gasteiger charge is -2.22. The molecule has 2 aromatic rings. The van der Waals surface area contributed by atoms with Crippen molar-refractivity contribution < 1.29 is 14.3 Å². The Morgan fingerprint density at radius 1 is 1.45 bits per heavy atom. The summed E-state index contributed by atoms with van der Waals surface area (Å²) in [5.41, 5.74) is 1.70. The normalized spacial score (nSPS) is 17.4. The molecule has 5 heteroatoms. The Hall–Kier alpha value is -2.04. The molecule has 1 fully saturated rings. The molecule has 1 aliphatic carbocycles. The van der Waals surface area contributed by atoms with Crippen LogP contribution in [0, 0.1) is 5.41 Å². The van der Waals surface area contributed by atoms with E-state index in [9.17, 15) is 4.79 Å². The number of fused-ring (bicyclic) bond motifs is 1. The van der Waals surface area contributed by atoms with Crippen LogP contribution in [0.1, 0.15) is 43.0 Å². The molecule has 1 heterocycles. The molecule has 1 aromatic carbocycles. The van der Waals surface area contributed by atoms with Gasteiger partial charge in [0.1, 0.15) is 5.52 Å². The Labute approximate surface area is 117 Å². The molecule has 5 nitrogen and oxygen atoms in total. The van der Waals surface area contributed by atoms with Crippen LogP contribution in [0.4, 0.5) is 6.01 Å². The second-order valence-electron chi connectivity index (χ2n) is 5.88. The molecule has 0 radical (unpaired) electrons. The van der Waals surface area contributed by atoms with Crippen LogP contribution in [0.5, 0.6) is 0 Å². The third-order valence-electron chi connectivity index (χ3n) is 4.11. The number of hydrogen-bond donors (Lipinski definition) is 2. The average Bonchev–Trinajstić information content (AvgIpc) is 3.01. The number of carboxylic acids is 1. The zero-order valence-electron chi connectivity index (χ0n) is 11.5. The predicted octanol–water partition coefficient (Wildman–Crippen LogP) is 3.52. The highest BCUT2D eigenvalue weighted by Crippen LogP contribution is 2.37. The molecule has 1 aliphatic rings. The number of benzene rings is 1. The van der Waals surface area contributed by atoms with Crippen LogP contribution >= 0.6 is 0 Å². The van der Waals surface area contributed by atoms with Gasteiger partial charge in [0.25, 0.3) is 6.01 Å². The van der Waals surface area contributed by atoms with Crippen molar-refractivity contribution in [1.29, 1.82) is 0 Å². The Kier molecular flexibility index (Phi) is 3.12. The number of oxazole rings is 1. The molecule has 1 saturated carbocycles. The van der Waals surface area contributed by atoms with Gasteiger partial charge in [-0.15, -0.1) is 0 Å². The van der Waals surface area contributed by atoms with Gasteiger partial charge in [0.15, 0.2) is 5.58 Å². The van der Waals surface area contributed by atoms with Crippen molar-refractivity contribution in [2.24, 2.45) is 5.41 Å². The van der Waals surface area contributed by atoms with Crippen LogP contribution < -0.4 is 5.32 Å². The van der Waals surface area contributed by atoms with Gasteiger partial charge < -0.3 is 14.8 Å². The summed E-state index contributed by atoms with van der Waals surface area (Å²) in [5, 5.41) is 12.2. The van der Waals surface area contributed by atoms with Crippen LogP contribution in [0.25, 0.3) is 11.1 Å². The molecule has 0 atom stereocenters. The van der Waals surface area contributed by atoms with Crippen molar-refractivity contribution in [3.05, 3.63) is 23.8 Å². The molecule has 0 aliphatic heterocycles. The standard InChI is InChI=1S/C15H18N2O3/c1-15(6-2-3-7-15)9-16-14-17-11-5-4-10(13(18)19)8-12(11)20-14/h4-5,8H,2-3,6-7,9H2,1H3,(H,16,17)(H,18,19). The van der Waals surface area contributed by atoms with Gasteiger partial charge in [0.05, 0.1) is 5.56 Å². The first-order valence-corrected chi connectivity index (χ1v) is 6.94. The highest BCUT2D eigenvalue weighted by molar-refractivity contribution is 5.92. The van der Waals surface area contributed by atoms with Crippen molar-refractivity contribution in [3.8, 4) is 0 Å². The highest BCUT2D eigenvalue weighted by atomic mass is 16.4. The topological polar surface area (TPSA) is 75.4 Å². The van der Waals surface area contributed by atoms with Gasteiger partial charge in [-0.2, -0.15) is 4.98 Å². The zero-order chi connectivity index (χ0) is 14.2. The fourth-order valence-electron chi connectivity index (χ4n) is 2.83. The predicted molar refractivity (Wildman–Crippen MR) is 76.0 cm³/mol. The van der Waals surface area contributed by atoms with Crippen LogP contribution in [0.2, 0.25) is 0 Å². The maximum absolute atomic E-state index is 10.9. The van der Waals surface area contributed by atoms with Gasteiger partial charge in [-0.3, -0.25) is 0 Å². The molecule has 20 heavy (non-hydrogen) atoms. The van der Waals surface area contributed by atoms with E-state index in [4.69, 9.17) is 9.52 Å². The van der Waals surface area contributed by atoms with E-state index in [1.807, 2.05) is 0 Å². The largest absolute Gasteiger partial charge is 0.478 e. The first kappa shape index (κ1) is 13.0. The quantitative estimate of drug-likeness (QED) is 0.892. The van der Waals surface area contributed by atoms with Crippen LogP contribution in [0.15, 0.2) is 22.6 Å². The Morgan fingerprint density at radius 3 is 2.90 bits per heavy atom. The summed E-state index contributed by atoms with van der Waals surface area (Å²) in [6, 6.07) is 5.18. The first-order valence-electron chi connectivity index (χ1n) is 6.94. The Bertz CT molecular complexity index is 642. The van der Waals surface area contributed by atoms with E-state index in [1.165, 1.54) is 37.8 Å². The highest BCUT2D eigenvalue weighted by Gasteiger charge is 2.28. The molecule has 0 spiro atoms. The number of nitrogens with zero attached hydrogens (tertiary/aromatic N) is 1. The van der Waals surface area contributed by atoms with E-state index >= 15 is 0 Å². The second kappa shape index (κ2) is 4.81. The van der Waals surface area contributed by atoms with Gasteiger partial charge in [-0.25, -0.2) is 4.79 Å². The first-order chi connectivity index (χ1) is 9.56. The van der Waals surface area contributed by atoms with Crippen LogP contribution in [-0.4, -0.2) is 22.6 Å². The summed E-state index contributed by atoms with van der Waals surface area (Å²) >= 11 is 0. The van der Waals surface area contributed by atoms with Gasteiger partial charge >= 0.3 is 5.97 Å². The Balaban J connectivity index is 1.77. The van der Waals surface area contributed by atoms with Crippen molar-refractivity contribution in [2.45, 2.75) is 32.6 Å². The van der Waals surface area contributed by atoms with E-state index in [-0.39, 0.29) is 5.56 Å². The number of carbonyl (C=O) groups is 1. The van der Waals surface area contributed by atoms with E-state index < -0.39 is 5.97 Å². The van der Waals surface area contributed by atoms with Crippen LogP contribution in [-0.2, 0) is 0 Å². The third-order valence-corrected chi connectivity index (χ3v) is 4.11. The third kappa shape index (κ3) is 2.48. The lowest BCUT2D eigenvalue weighted by molar-refractivity contribution is 0.0697. The summed E-state index contributed by atoms with van der Waals surface area (Å²) in [6.45, 7) is 3.11. The van der Waals surface area contributed by atoms with Gasteiger partial charge in [-0.1, -0.05) is 19.8 Å². The van der Waals surface area contributed by atoms with Gasteiger partial charge in [-0.05, 0) is 36.5 Å². The molecule has 1 aromatic heterocycles. The minimum atomic E-state index is -0.962. The fourth-order valence-corrected chi connectivity index (χ4v) is 2.83. The molecule has 0 amide bonds. The number of carboxylic acid groups (broad SMARTS) is 1. The number of aromatic carboxylic acids is 1. The lowest BCUT2D eigenvalue weighted by Crippen LogP contribution is -2.22. The maximum Gasteiger partial charge on any atom is 0.335 e. The summed E-state index contributed by atoms with van der Waals surface area (Å²) in [4.78, 5) is 15.3. The summed E-state index contributed by atoms with van der Waals surface area (Å²) < 4.78 is 5.58. The fraction of sp³-hybridized carbons (Fsp3) is 0.467. The van der Waals surface area contributed by atoms with Gasteiger partial charge in [0, 0.05) is 6.54 Å². The zero-order valence-corrected chi connectivity index (χ0v) is 11.5. The van der Waals surface area contributed by atoms with Gasteiger partial charge in [0.2, 0.25) is 0 Å². The maximum atomic E-state index is 10.9. The monoisotopic (exact) mass is 274 g/mol. The lowest BCUT2D eigenvalue weighted by atomic mass is 9.89. The Morgan fingerprint density at radius 2 is 2.20 bits per heavy atom.